The summed E-state index contributed by atoms with van der Waals surface area (Å²) in [4.78, 5) is 27.0. The molecule has 0 aliphatic carbocycles. The zero-order chi connectivity index (χ0) is 9.14. The van der Waals surface area contributed by atoms with Crippen molar-refractivity contribution in [2.45, 2.75) is 6.61 Å². The van der Waals surface area contributed by atoms with Crippen molar-refractivity contribution >= 4 is 5.91 Å². The summed E-state index contributed by atoms with van der Waals surface area (Å²) in [7, 11) is 0. The van der Waals surface area contributed by atoms with Crippen LogP contribution in [-0.2, 0) is 6.61 Å². The number of aromatic nitrogens is 2. The number of nitrogens with zero attached hydrogens (tertiary/aromatic N) is 1. The van der Waals surface area contributed by atoms with Crippen molar-refractivity contribution in [2.75, 3.05) is 0 Å². The Bertz CT molecular complexity index is 357. The number of rotatable bonds is 2. The van der Waals surface area contributed by atoms with Gasteiger partial charge in [0.25, 0.3) is 11.5 Å². The molecule has 0 radical (unpaired) electrons. The molecule has 0 bridgehead atoms. The van der Waals surface area contributed by atoms with Crippen LogP contribution in [0.5, 0.6) is 0 Å². The van der Waals surface area contributed by atoms with Gasteiger partial charge in [-0.1, -0.05) is 0 Å². The van der Waals surface area contributed by atoms with Gasteiger partial charge in [-0.2, -0.15) is 0 Å². The third-order valence-corrected chi connectivity index (χ3v) is 1.28. The normalized spacial score (nSPS) is 9.75. The molecule has 12 heavy (non-hydrogen) atoms. The number of hydrogen-bond acceptors (Lipinski definition) is 4. The van der Waals surface area contributed by atoms with Crippen LogP contribution in [-0.4, -0.2) is 21.0 Å². The van der Waals surface area contributed by atoms with Crippen LogP contribution in [0.2, 0.25) is 0 Å². The second kappa shape index (κ2) is 3.14. The van der Waals surface area contributed by atoms with Crippen LogP contribution in [0.15, 0.2) is 11.0 Å². The third-order valence-electron chi connectivity index (χ3n) is 1.28. The molecule has 0 unspecified atom stereocenters. The SMILES string of the molecule is NC(=O)c1ncc(CO)c(=O)[nH]1. The second-order valence-electron chi connectivity index (χ2n) is 2.11. The van der Waals surface area contributed by atoms with Crippen molar-refractivity contribution in [2.24, 2.45) is 5.73 Å². The van der Waals surface area contributed by atoms with Crippen LogP contribution < -0.4 is 11.3 Å². The molecule has 64 valence electrons. The van der Waals surface area contributed by atoms with E-state index in [-0.39, 0.29) is 11.4 Å². The molecule has 0 atom stereocenters. The minimum Gasteiger partial charge on any atom is -0.391 e. The highest BCUT2D eigenvalue weighted by atomic mass is 16.3. The van der Waals surface area contributed by atoms with Gasteiger partial charge in [0.15, 0.2) is 5.82 Å². The number of carbonyl (C=O) groups is 1. The number of aliphatic hydroxyl groups excluding tert-OH is 1. The second-order valence-corrected chi connectivity index (χ2v) is 2.11. The number of carbonyl (C=O) groups excluding carboxylic acids is 1. The topological polar surface area (TPSA) is 109 Å². The summed E-state index contributed by atoms with van der Waals surface area (Å²) in [5.74, 6) is -1.02. The summed E-state index contributed by atoms with van der Waals surface area (Å²) in [6.07, 6.45) is 1.11. The minimum absolute atomic E-state index is 0.0972. The highest BCUT2D eigenvalue weighted by Gasteiger charge is 2.04. The average Bonchev–Trinajstić information content (AvgIpc) is 2.04. The predicted octanol–water partition coefficient (Wildman–Crippen LogP) is -1.64. The fraction of sp³-hybridized carbons (Fsp3) is 0.167. The van der Waals surface area contributed by atoms with Crippen LogP contribution in [0.1, 0.15) is 16.2 Å². The fourth-order valence-electron chi connectivity index (χ4n) is 0.659. The van der Waals surface area contributed by atoms with Gasteiger partial charge in [-0.3, -0.25) is 9.59 Å². The lowest BCUT2D eigenvalue weighted by Gasteiger charge is -1.95. The highest BCUT2D eigenvalue weighted by Crippen LogP contribution is 1.87. The van der Waals surface area contributed by atoms with Crippen LogP contribution in [0, 0.1) is 0 Å². The van der Waals surface area contributed by atoms with E-state index in [0.29, 0.717) is 0 Å². The number of aromatic amines is 1. The van der Waals surface area contributed by atoms with Crippen LogP contribution in [0.25, 0.3) is 0 Å². The van der Waals surface area contributed by atoms with Crippen molar-refractivity contribution in [1.82, 2.24) is 9.97 Å². The summed E-state index contributed by atoms with van der Waals surface area (Å²) >= 11 is 0. The average molecular weight is 169 g/mol. The summed E-state index contributed by atoms with van der Waals surface area (Å²) in [5.41, 5.74) is 4.38. The first kappa shape index (κ1) is 8.41. The molecule has 4 N–H and O–H groups in total. The Morgan fingerprint density at radius 3 is 2.83 bits per heavy atom. The number of H-pyrrole nitrogens is 1. The number of primary amides is 1. The molecule has 1 heterocycles. The predicted molar refractivity (Wildman–Crippen MR) is 39.3 cm³/mol. The van der Waals surface area contributed by atoms with Gasteiger partial charge < -0.3 is 15.8 Å². The third kappa shape index (κ3) is 1.48. The number of nitrogens with one attached hydrogen (secondary N) is 1. The molecule has 0 saturated heterocycles. The molecule has 0 spiro atoms. The Labute approximate surface area is 67.1 Å². The van der Waals surface area contributed by atoms with Crippen molar-refractivity contribution in [3.8, 4) is 0 Å². The Morgan fingerprint density at radius 1 is 1.75 bits per heavy atom. The number of nitrogens with two attached hydrogens (primary N) is 1. The molecular formula is C6H7N3O3. The molecule has 0 aliphatic heterocycles. The number of hydrogen-bond donors (Lipinski definition) is 3. The van der Waals surface area contributed by atoms with Gasteiger partial charge in [-0.25, -0.2) is 4.98 Å². The Hall–Kier alpha value is -1.69. The monoisotopic (exact) mass is 169 g/mol. The summed E-state index contributed by atoms with van der Waals surface area (Å²) in [5, 5.41) is 8.57. The zero-order valence-corrected chi connectivity index (χ0v) is 6.07. The van der Waals surface area contributed by atoms with E-state index in [2.05, 4.69) is 9.97 Å². The van der Waals surface area contributed by atoms with Crippen LogP contribution in [0.3, 0.4) is 0 Å². The molecule has 1 aromatic rings. The molecule has 0 saturated carbocycles. The van der Waals surface area contributed by atoms with Gasteiger partial charge >= 0.3 is 0 Å². The first-order valence-electron chi connectivity index (χ1n) is 3.14. The van der Waals surface area contributed by atoms with Crippen LogP contribution >= 0.6 is 0 Å². The fourth-order valence-corrected chi connectivity index (χ4v) is 0.659. The van der Waals surface area contributed by atoms with E-state index in [9.17, 15) is 9.59 Å². The maximum Gasteiger partial charge on any atom is 0.284 e. The van der Waals surface area contributed by atoms with E-state index in [0.717, 1.165) is 6.20 Å². The number of aliphatic hydroxyl groups is 1. The molecule has 0 aliphatic rings. The Kier molecular flexibility index (Phi) is 2.20. The zero-order valence-electron chi connectivity index (χ0n) is 6.07. The largest absolute Gasteiger partial charge is 0.391 e. The van der Waals surface area contributed by atoms with E-state index in [1.807, 2.05) is 0 Å². The van der Waals surface area contributed by atoms with Crippen molar-refractivity contribution in [3.63, 3.8) is 0 Å². The molecule has 6 nitrogen and oxygen atoms in total. The first-order valence-corrected chi connectivity index (χ1v) is 3.14. The molecule has 0 aromatic carbocycles. The molecule has 1 rings (SSSR count). The van der Waals surface area contributed by atoms with Crippen LogP contribution in [0.4, 0.5) is 0 Å². The van der Waals surface area contributed by atoms with Crippen molar-refractivity contribution in [3.05, 3.63) is 27.9 Å². The Morgan fingerprint density at radius 2 is 2.42 bits per heavy atom. The van der Waals surface area contributed by atoms with Gasteiger partial charge in [0, 0.05) is 6.20 Å². The van der Waals surface area contributed by atoms with Gasteiger partial charge in [-0.05, 0) is 0 Å². The van der Waals surface area contributed by atoms with Gasteiger partial charge in [-0.15, -0.1) is 0 Å². The van der Waals surface area contributed by atoms with Gasteiger partial charge in [0.1, 0.15) is 0 Å². The molecular weight excluding hydrogens is 162 g/mol. The maximum atomic E-state index is 10.9. The lowest BCUT2D eigenvalue weighted by Crippen LogP contribution is -2.23. The van der Waals surface area contributed by atoms with E-state index in [1.54, 1.807) is 0 Å². The lowest BCUT2D eigenvalue weighted by molar-refractivity contribution is 0.0990. The molecule has 1 aromatic heterocycles. The molecule has 6 heteroatoms. The van der Waals surface area contributed by atoms with Gasteiger partial charge in [0.2, 0.25) is 0 Å². The first-order chi connectivity index (χ1) is 5.65. The smallest absolute Gasteiger partial charge is 0.284 e. The molecule has 1 amide bonds. The number of amides is 1. The van der Waals surface area contributed by atoms with Crippen molar-refractivity contribution in [1.29, 1.82) is 0 Å². The maximum absolute atomic E-state index is 10.9. The van der Waals surface area contributed by atoms with E-state index < -0.39 is 18.1 Å². The van der Waals surface area contributed by atoms with E-state index in [1.165, 1.54) is 0 Å². The van der Waals surface area contributed by atoms with Gasteiger partial charge in [0.05, 0.1) is 12.2 Å². The van der Waals surface area contributed by atoms with E-state index in [4.69, 9.17) is 10.8 Å². The summed E-state index contributed by atoms with van der Waals surface area (Å²) in [6, 6.07) is 0. The Balaban J connectivity index is 3.19. The highest BCUT2D eigenvalue weighted by molar-refractivity contribution is 5.88. The minimum atomic E-state index is -0.809. The molecule has 0 fully saturated rings. The van der Waals surface area contributed by atoms with Crippen molar-refractivity contribution < 1.29 is 9.90 Å². The van der Waals surface area contributed by atoms with E-state index >= 15 is 0 Å². The summed E-state index contributed by atoms with van der Waals surface area (Å²) < 4.78 is 0. The lowest BCUT2D eigenvalue weighted by atomic mass is 10.3. The quantitative estimate of drug-likeness (QED) is 0.493. The standard InChI is InChI=1S/C6H7N3O3/c7-4(11)5-8-1-3(2-10)6(12)9-5/h1,10H,2H2,(H2,7,11)(H,8,9,12). The summed E-state index contributed by atoms with van der Waals surface area (Å²) in [6.45, 7) is -0.415.